The Bertz CT molecular complexity index is 1920. The van der Waals surface area contributed by atoms with Gasteiger partial charge in [-0.25, -0.2) is 0 Å². The van der Waals surface area contributed by atoms with Gasteiger partial charge in [-0.3, -0.25) is 9.05 Å². The molecule has 0 aromatic heterocycles. The van der Waals surface area contributed by atoms with Gasteiger partial charge in [0.25, 0.3) is 0 Å². The van der Waals surface area contributed by atoms with Crippen molar-refractivity contribution >= 4 is 35.8 Å². The zero-order valence-corrected chi connectivity index (χ0v) is 30.6. The average Bonchev–Trinajstić information content (AvgIpc) is 3.26. The largest absolute Gasteiger partial charge is 0.676 e. The third kappa shape index (κ3) is 8.73. The third-order valence-electron chi connectivity index (χ3n) is 8.71. The third-order valence-corrected chi connectivity index (χ3v) is 11.6. The van der Waals surface area contributed by atoms with Crippen LogP contribution in [0.3, 0.4) is 0 Å². The van der Waals surface area contributed by atoms with Crippen molar-refractivity contribution < 1.29 is 18.4 Å². The number of para-hydroxylation sites is 4. The molecular formula is C48H40BO4P. The van der Waals surface area contributed by atoms with Crippen LogP contribution in [0.4, 0.5) is 0 Å². The number of benzene rings is 8. The van der Waals surface area contributed by atoms with Crippen LogP contribution in [0, 0.1) is 0 Å². The van der Waals surface area contributed by atoms with E-state index in [4.69, 9.17) is 18.4 Å². The van der Waals surface area contributed by atoms with Crippen LogP contribution in [-0.2, 0) is 0 Å². The van der Waals surface area contributed by atoms with E-state index in [1.165, 1.54) is 0 Å². The average molecular weight is 723 g/mol. The minimum absolute atomic E-state index is 0.765. The van der Waals surface area contributed by atoms with E-state index in [1.807, 2.05) is 194 Å². The van der Waals surface area contributed by atoms with Crippen molar-refractivity contribution in [1.29, 1.82) is 0 Å². The molecule has 0 saturated heterocycles. The van der Waals surface area contributed by atoms with Gasteiger partial charge in [0.15, 0.2) is 22.1 Å². The van der Waals surface area contributed by atoms with Crippen LogP contribution < -0.4 is 39.9 Å². The molecule has 8 aromatic carbocycles. The molecule has 0 N–H and O–H groups in total. The lowest BCUT2D eigenvalue weighted by atomic mass is 9.46. The molecule has 0 amide bonds. The van der Waals surface area contributed by atoms with Gasteiger partial charge in [0, 0.05) is 0 Å². The summed E-state index contributed by atoms with van der Waals surface area (Å²) in [4.78, 5) is 0. The molecule has 0 saturated carbocycles. The Morgan fingerprint density at radius 2 is 0.500 bits per heavy atom. The van der Waals surface area contributed by atoms with Gasteiger partial charge in [0.1, 0.15) is 0 Å². The fourth-order valence-corrected chi connectivity index (χ4v) is 8.89. The standard InChI is InChI=1S/C24H20BO2.C24H20O2P/c1-5-13-21(14-6-1)25(22-15-7-2-8-16-22,26-23-17-9-3-10-18-23)27-24-19-11-4-12-20-24;1-5-13-21(14-6-1)25-27(23-17-9-3-10-18-23,24-19-11-4-12-20-24)26-22-15-7-2-8-16-22/h2*1-20H/q-1;+1. The molecule has 0 aliphatic carbocycles. The van der Waals surface area contributed by atoms with Crippen molar-refractivity contribution in [3.8, 4) is 23.0 Å². The predicted octanol–water partition coefficient (Wildman–Crippen LogP) is 10.0. The van der Waals surface area contributed by atoms with Gasteiger partial charge in [-0.15, -0.1) is 10.9 Å². The highest BCUT2D eigenvalue weighted by molar-refractivity contribution is 7.81. The maximum absolute atomic E-state index is 6.67. The molecule has 0 radical (unpaired) electrons. The van der Waals surface area contributed by atoms with Crippen LogP contribution in [-0.4, -0.2) is 6.55 Å². The quantitative estimate of drug-likeness (QED) is 0.0930. The molecule has 8 rings (SSSR count). The van der Waals surface area contributed by atoms with Gasteiger partial charge in [-0.1, -0.05) is 170 Å². The second-order valence-electron chi connectivity index (χ2n) is 12.4. The smallest absolute Gasteiger partial charge is 0.428 e. The van der Waals surface area contributed by atoms with Crippen LogP contribution in [0.25, 0.3) is 0 Å². The summed E-state index contributed by atoms with van der Waals surface area (Å²) in [6.45, 7) is -1.97. The number of rotatable bonds is 12. The van der Waals surface area contributed by atoms with E-state index in [0.29, 0.717) is 0 Å². The summed E-state index contributed by atoms with van der Waals surface area (Å²) in [7, 11) is -2.64. The first-order chi connectivity index (χ1) is 26.7. The lowest BCUT2D eigenvalue weighted by Crippen LogP contribution is -2.68. The minimum atomic E-state index is -2.64. The molecule has 8 aromatic rings. The summed E-state index contributed by atoms with van der Waals surface area (Å²) in [6.07, 6.45) is 0. The van der Waals surface area contributed by atoms with Gasteiger partial charge >= 0.3 is 14.3 Å². The van der Waals surface area contributed by atoms with Gasteiger partial charge in [0.2, 0.25) is 0 Å². The lowest BCUT2D eigenvalue weighted by molar-refractivity contribution is 0.417. The molecule has 0 spiro atoms. The molecule has 0 heterocycles. The molecule has 264 valence electrons. The molecule has 0 aliphatic heterocycles. The van der Waals surface area contributed by atoms with E-state index >= 15 is 0 Å². The van der Waals surface area contributed by atoms with E-state index in [1.54, 1.807) is 0 Å². The van der Waals surface area contributed by atoms with E-state index in [9.17, 15) is 0 Å². The summed E-state index contributed by atoms with van der Waals surface area (Å²) in [6, 6.07) is 80.1. The van der Waals surface area contributed by atoms with Crippen molar-refractivity contribution in [2.75, 3.05) is 0 Å². The molecule has 54 heavy (non-hydrogen) atoms. The Morgan fingerprint density at radius 1 is 0.259 bits per heavy atom. The zero-order valence-electron chi connectivity index (χ0n) is 29.8. The molecule has 0 bridgehead atoms. The van der Waals surface area contributed by atoms with E-state index < -0.39 is 14.3 Å². The van der Waals surface area contributed by atoms with Crippen molar-refractivity contribution in [3.63, 3.8) is 0 Å². The maximum Gasteiger partial charge on any atom is 0.428 e. The molecule has 6 heteroatoms. The molecule has 4 nitrogen and oxygen atoms in total. The summed E-state index contributed by atoms with van der Waals surface area (Å²) < 4.78 is 26.6. The zero-order chi connectivity index (χ0) is 36.7. The lowest BCUT2D eigenvalue weighted by Gasteiger charge is -2.44. The molecule has 0 aliphatic rings. The fraction of sp³-hybridized carbons (Fsp3) is 0. The van der Waals surface area contributed by atoms with Crippen LogP contribution in [0.15, 0.2) is 243 Å². The molecule has 0 fully saturated rings. The van der Waals surface area contributed by atoms with Gasteiger partial charge < -0.3 is 9.31 Å². The molecule has 0 unspecified atom stereocenters. The van der Waals surface area contributed by atoms with E-state index in [-0.39, 0.29) is 0 Å². The first-order valence-electron chi connectivity index (χ1n) is 18.0. The van der Waals surface area contributed by atoms with Crippen molar-refractivity contribution in [2.45, 2.75) is 0 Å². The van der Waals surface area contributed by atoms with E-state index in [0.717, 1.165) is 44.5 Å². The van der Waals surface area contributed by atoms with Crippen molar-refractivity contribution in [1.82, 2.24) is 0 Å². The maximum atomic E-state index is 6.67. The Hall–Kier alpha value is -6.55. The fourth-order valence-electron chi connectivity index (χ4n) is 6.17. The Morgan fingerprint density at radius 3 is 0.796 bits per heavy atom. The monoisotopic (exact) mass is 722 g/mol. The van der Waals surface area contributed by atoms with Gasteiger partial charge in [-0.05, 0) is 72.8 Å². The summed E-state index contributed by atoms with van der Waals surface area (Å²) >= 11 is 0. The van der Waals surface area contributed by atoms with Crippen molar-refractivity contribution in [2.24, 2.45) is 0 Å². The highest BCUT2D eigenvalue weighted by Gasteiger charge is 2.51. The second kappa shape index (κ2) is 17.8. The van der Waals surface area contributed by atoms with Crippen LogP contribution in [0.5, 0.6) is 23.0 Å². The highest BCUT2D eigenvalue weighted by Crippen LogP contribution is 2.57. The normalized spacial score (nSPS) is 11.0. The van der Waals surface area contributed by atoms with E-state index in [2.05, 4.69) is 48.5 Å². The first-order valence-corrected chi connectivity index (χ1v) is 19.6. The minimum Gasteiger partial charge on any atom is -0.676 e. The predicted molar refractivity (Wildman–Crippen MR) is 225 cm³/mol. The Kier molecular flexibility index (Phi) is 11.8. The van der Waals surface area contributed by atoms with Crippen LogP contribution >= 0.6 is 7.72 Å². The van der Waals surface area contributed by atoms with Crippen LogP contribution in [0.1, 0.15) is 0 Å². The molecular weight excluding hydrogens is 682 g/mol. The second-order valence-corrected chi connectivity index (χ2v) is 14.9. The summed E-state index contributed by atoms with van der Waals surface area (Å²) in [5, 5.41) is 2.06. The van der Waals surface area contributed by atoms with Gasteiger partial charge in [-0.2, -0.15) is 0 Å². The summed E-state index contributed by atoms with van der Waals surface area (Å²) in [5.41, 5.74) is 1.97. The number of hydrogen-bond donors (Lipinski definition) is 0. The first kappa shape index (κ1) is 35.8. The van der Waals surface area contributed by atoms with Gasteiger partial charge in [0.05, 0.1) is 11.5 Å². The number of hydrogen-bond acceptors (Lipinski definition) is 4. The SMILES string of the molecule is c1ccc(O[B-](Oc2ccccc2)(c2ccccc2)c2ccccc2)cc1.c1ccc(O[P+](Oc2ccccc2)(c2ccccc2)c2ccccc2)cc1. The van der Waals surface area contributed by atoms with Crippen molar-refractivity contribution in [3.05, 3.63) is 243 Å². The topological polar surface area (TPSA) is 36.9 Å². The molecule has 0 atom stereocenters. The Labute approximate surface area is 318 Å². The Balaban J connectivity index is 0.000000167. The van der Waals surface area contributed by atoms with Crippen LogP contribution in [0.2, 0.25) is 0 Å². The summed E-state index contributed by atoms with van der Waals surface area (Å²) in [5.74, 6) is 3.10. The highest BCUT2D eigenvalue weighted by atomic mass is 31.2.